The predicted molar refractivity (Wildman–Crippen MR) is 123 cm³/mol. The molecule has 0 saturated heterocycles. The van der Waals surface area contributed by atoms with Crippen molar-refractivity contribution in [2.75, 3.05) is 0 Å². The van der Waals surface area contributed by atoms with Crippen molar-refractivity contribution in [3.05, 3.63) is 97.4 Å². The Labute approximate surface area is 188 Å². The van der Waals surface area contributed by atoms with Crippen LogP contribution < -0.4 is 16.6 Å². The summed E-state index contributed by atoms with van der Waals surface area (Å²) in [6.07, 6.45) is 1.10. The number of H-pyrrole nitrogens is 2. The minimum Gasteiger partial charge on any atom is -0.349 e. The molecule has 1 unspecified atom stereocenters. The lowest BCUT2D eigenvalue weighted by atomic mass is 9.98. The second kappa shape index (κ2) is 9.23. The Hall–Kier alpha value is -3.65. The van der Waals surface area contributed by atoms with Gasteiger partial charge in [0.2, 0.25) is 5.91 Å². The first-order valence-corrected chi connectivity index (χ1v) is 10.5. The average molecular weight is 452 g/mol. The Morgan fingerprint density at radius 3 is 2.53 bits per heavy atom. The lowest BCUT2D eigenvalue weighted by molar-refractivity contribution is -0.121. The van der Waals surface area contributed by atoms with Crippen molar-refractivity contribution in [1.29, 1.82) is 0 Å². The summed E-state index contributed by atoms with van der Waals surface area (Å²) in [7, 11) is 1.53. The number of nitrogens with zero attached hydrogens (tertiary/aromatic N) is 2. The highest BCUT2D eigenvalue weighted by Crippen LogP contribution is 2.20. The molecule has 2 heterocycles. The number of aromatic nitrogens is 4. The largest absolute Gasteiger partial charge is 0.349 e. The summed E-state index contributed by atoms with van der Waals surface area (Å²) in [5.74, 6) is 0.326. The first-order valence-electron chi connectivity index (χ1n) is 10.2. The Morgan fingerprint density at radius 2 is 1.81 bits per heavy atom. The van der Waals surface area contributed by atoms with Crippen molar-refractivity contribution in [1.82, 2.24) is 24.8 Å². The van der Waals surface area contributed by atoms with Gasteiger partial charge in [-0.3, -0.25) is 19.1 Å². The van der Waals surface area contributed by atoms with Crippen LogP contribution in [-0.2, 0) is 24.7 Å². The predicted octanol–water partition coefficient (Wildman–Crippen LogP) is 2.64. The van der Waals surface area contributed by atoms with Crippen molar-refractivity contribution in [3.63, 3.8) is 0 Å². The van der Waals surface area contributed by atoms with Crippen LogP contribution in [0, 0.1) is 0 Å². The first-order chi connectivity index (χ1) is 15.4. The van der Waals surface area contributed by atoms with E-state index in [4.69, 9.17) is 11.6 Å². The van der Waals surface area contributed by atoms with E-state index in [1.54, 1.807) is 0 Å². The van der Waals surface area contributed by atoms with Crippen LogP contribution in [0.5, 0.6) is 0 Å². The maximum absolute atomic E-state index is 12.8. The van der Waals surface area contributed by atoms with Gasteiger partial charge in [-0.1, -0.05) is 54.1 Å². The van der Waals surface area contributed by atoms with Crippen LogP contribution in [-0.4, -0.2) is 25.4 Å². The molecule has 0 fully saturated rings. The van der Waals surface area contributed by atoms with Crippen molar-refractivity contribution in [3.8, 4) is 0 Å². The van der Waals surface area contributed by atoms with Crippen molar-refractivity contribution < 1.29 is 4.79 Å². The van der Waals surface area contributed by atoms with Gasteiger partial charge in [0.05, 0.1) is 6.04 Å². The summed E-state index contributed by atoms with van der Waals surface area (Å²) < 4.78 is 1.26. The molecule has 0 radical (unpaired) electrons. The number of nitrogens with one attached hydrogen (secondary N) is 3. The third-order valence-corrected chi connectivity index (χ3v) is 5.53. The number of imidazole rings is 1. The van der Waals surface area contributed by atoms with Crippen molar-refractivity contribution in [2.45, 2.75) is 25.3 Å². The normalized spacial score (nSPS) is 12.1. The van der Waals surface area contributed by atoms with E-state index in [9.17, 15) is 14.4 Å². The third-order valence-electron chi connectivity index (χ3n) is 5.28. The summed E-state index contributed by atoms with van der Waals surface area (Å²) in [5.41, 5.74) is 1.47. The Balaban J connectivity index is 1.47. The van der Waals surface area contributed by atoms with Crippen LogP contribution in [0.1, 0.15) is 29.4 Å². The molecule has 3 N–H and O–H groups in total. The number of aryl methyl sites for hydroxylation is 2. The van der Waals surface area contributed by atoms with Gasteiger partial charge in [-0.25, -0.2) is 9.78 Å². The number of carbonyl (C=O) groups excluding carboxylic acids is 1. The molecule has 0 aliphatic heterocycles. The third kappa shape index (κ3) is 4.81. The minimum atomic E-state index is -0.536. The zero-order valence-corrected chi connectivity index (χ0v) is 18.1. The van der Waals surface area contributed by atoms with Crippen LogP contribution in [0.2, 0.25) is 5.02 Å². The number of hydrogen-bond acceptors (Lipinski definition) is 4. The molecule has 4 aromatic rings. The van der Waals surface area contributed by atoms with Crippen molar-refractivity contribution in [2.24, 2.45) is 7.05 Å². The molecular formula is C23H22ClN5O3. The Bertz CT molecular complexity index is 1360. The lowest BCUT2D eigenvalue weighted by Gasteiger charge is -2.19. The number of benzene rings is 2. The summed E-state index contributed by atoms with van der Waals surface area (Å²) in [6.45, 7) is 0. The number of amides is 1. The first kappa shape index (κ1) is 21.6. The summed E-state index contributed by atoms with van der Waals surface area (Å²) >= 11 is 5.99. The number of halogens is 1. The topological polar surface area (TPSA) is 113 Å². The molecule has 32 heavy (non-hydrogen) atoms. The van der Waals surface area contributed by atoms with Gasteiger partial charge in [0.1, 0.15) is 11.3 Å². The van der Waals surface area contributed by atoms with Crippen LogP contribution in [0.3, 0.4) is 0 Å². The second-order valence-corrected chi connectivity index (χ2v) is 8.00. The lowest BCUT2D eigenvalue weighted by Crippen LogP contribution is -2.30. The van der Waals surface area contributed by atoms with Crippen LogP contribution in [0.15, 0.2) is 64.2 Å². The van der Waals surface area contributed by atoms with E-state index in [0.29, 0.717) is 23.7 Å². The van der Waals surface area contributed by atoms with E-state index in [0.717, 1.165) is 11.1 Å². The highest BCUT2D eigenvalue weighted by molar-refractivity contribution is 6.30. The molecule has 164 valence electrons. The van der Waals surface area contributed by atoms with E-state index in [2.05, 4.69) is 20.3 Å². The number of hydrogen-bond donors (Lipinski definition) is 3. The number of carbonyl (C=O) groups is 1. The molecule has 0 saturated carbocycles. The zero-order valence-electron chi connectivity index (χ0n) is 17.4. The van der Waals surface area contributed by atoms with Crippen LogP contribution in [0.4, 0.5) is 0 Å². The zero-order chi connectivity index (χ0) is 22.7. The van der Waals surface area contributed by atoms with E-state index >= 15 is 0 Å². The Kier molecular flexibility index (Phi) is 6.23. The SMILES string of the molecule is Cn1c(=O)[nH]c(=O)c2[nH]c(CCC(=O)NC(Cc3ccc(Cl)cc3)c3ccccc3)nc21. The summed E-state index contributed by atoms with van der Waals surface area (Å²) in [4.78, 5) is 45.9. The van der Waals surface area contributed by atoms with Gasteiger partial charge < -0.3 is 10.3 Å². The van der Waals surface area contributed by atoms with E-state index in [1.165, 1.54) is 11.6 Å². The molecule has 0 aliphatic carbocycles. The molecule has 4 rings (SSSR count). The van der Waals surface area contributed by atoms with Gasteiger partial charge in [-0.2, -0.15) is 0 Å². The van der Waals surface area contributed by atoms with Gasteiger partial charge in [-0.05, 0) is 29.7 Å². The standard InChI is InChI=1S/C23H22ClN5O3/c1-29-21-20(22(31)28-23(29)32)26-18(27-21)11-12-19(30)25-17(15-5-3-2-4-6-15)13-14-7-9-16(24)10-8-14/h2-10,17H,11-13H2,1H3,(H,25,30)(H,26,27)(H,28,31,32). The molecule has 2 aromatic heterocycles. The van der Waals surface area contributed by atoms with Crippen LogP contribution in [0.25, 0.3) is 11.2 Å². The minimum absolute atomic E-state index is 0.143. The molecule has 1 atom stereocenters. The molecule has 0 aliphatic rings. The fourth-order valence-corrected chi connectivity index (χ4v) is 3.69. The highest BCUT2D eigenvalue weighted by atomic mass is 35.5. The van der Waals surface area contributed by atoms with Gasteiger partial charge in [0.15, 0.2) is 5.65 Å². The quantitative estimate of drug-likeness (QED) is 0.401. The number of rotatable bonds is 7. The van der Waals surface area contributed by atoms with Gasteiger partial charge in [0, 0.05) is 24.9 Å². The fourth-order valence-electron chi connectivity index (χ4n) is 3.56. The molecule has 2 aromatic carbocycles. The van der Waals surface area contributed by atoms with Gasteiger partial charge >= 0.3 is 5.69 Å². The molecule has 9 heteroatoms. The molecule has 0 spiro atoms. The summed E-state index contributed by atoms with van der Waals surface area (Å²) in [6, 6.07) is 17.1. The summed E-state index contributed by atoms with van der Waals surface area (Å²) in [5, 5.41) is 3.76. The number of fused-ring (bicyclic) bond motifs is 1. The molecule has 1 amide bonds. The molecular weight excluding hydrogens is 430 g/mol. The number of aromatic amines is 2. The maximum atomic E-state index is 12.8. The molecule has 8 nitrogen and oxygen atoms in total. The van der Waals surface area contributed by atoms with Crippen LogP contribution >= 0.6 is 11.6 Å². The highest BCUT2D eigenvalue weighted by Gasteiger charge is 2.17. The maximum Gasteiger partial charge on any atom is 0.329 e. The second-order valence-electron chi connectivity index (χ2n) is 7.56. The monoisotopic (exact) mass is 451 g/mol. The van der Waals surface area contributed by atoms with Gasteiger partial charge in [0.25, 0.3) is 5.56 Å². The fraction of sp³-hybridized carbons (Fsp3) is 0.217. The van der Waals surface area contributed by atoms with Gasteiger partial charge in [-0.15, -0.1) is 0 Å². The van der Waals surface area contributed by atoms with E-state index in [-0.39, 0.29) is 29.5 Å². The smallest absolute Gasteiger partial charge is 0.329 e. The molecule has 0 bridgehead atoms. The van der Waals surface area contributed by atoms with E-state index in [1.807, 2.05) is 54.6 Å². The van der Waals surface area contributed by atoms with E-state index < -0.39 is 11.2 Å². The average Bonchev–Trinajstić information content (AvgIpc) is 3.23. The Morgan fingerprint density at radius 1 is 1.09 bits per heavy atom. The van der Waals surface area contributed by atoms with Crippen molar-refractivity contribution >= 4 is 28.7 Å².